The van der Waals surface area contributed by atoms with Gasteiger partial charge in [-0.05, 0) is 77.5 Å². The lowest BCUT2D eigenvalue weighted by Gasteiger charge is -2.29. The molecule has 3 heterocycles. The van der Waals surface area contributed by atoms with Crippen molar-refractivity contribution >= 4 is 50.0 Å². The third-order valence-electron chi connectivity index (χ3n) is 11.8. The molecule has 1 saturated heterocycles. The Kier molecular flexibility index (Phi) is 12.5. The van der Waals surface area contributed by atoms with Crippen LogP contribution < -0.4 is 24.8 Å². The number of benzene rings is 1. The normalized spacial score (nSPS) is 22.9. The molecule has 5 atom stereocenters. The molecule has 15 heteroatoms. The van der Waals surface area contributed by atoms with Gasteiger partial charge in [0.15, 0.2) is 0 Å². The monoisotopic (exact) mass is 820 g/mol. The number of hydrogen-bond donors (Lipinski definition) is 3. The zero-order valence-electron chi connectivity index (χ0n) is 33.9. The number of likely N-dealkylation sites (tertiary alicyclic amines) is 1. The summed E-state index contributed by atoms with van der Waals surface area (Å²) in [7, 11) is -0.624. The minimum Gasteiger partial charge on any atom is -0.496 e. The average molecular weight is 821 g/mol. The Morgan fingerprint density at radius 2 is 1.88 bits per heavy atom. The van der Waals surface area contributed by atoms with Gasteiger partial charge in [0, 0.05) is 34.7 Å². The molecule has 2 aromatic heterocycles. The fourth-order valence-corrected chi connectivity index (χ4v) is 9.81. The number of rotatable bonds is 19. The van der Waals surface area contributed by atoms with Crippen LogP contribution in [0.2, 0.25) is 0 Å². The van der Waals surface area contributed by atoms with Crippen molar-refractivity contribution in [1.82, 2.24) is 30.2 Å². The van der Waals surface area contributed by atoms with Gasteiger partial charge in [0.2, 0.25) is 21.8 Å². The second-order valence-electron chi connectivity index (χ2n) is 16.2. The van der Waals surface area contributed by atoms with Crippen LogP contribution in [0, 0.1) is 12.8 Å². The van der Waals surface area contributed by atoms with Gasteiger partial charge in [0.1, 0.15) is 39.9 Å². The Morgan fingerprint density at radius 3 is 2.49 bits per heavy atom. The van der Waals surface area contributed by atoms with E-state index in [2.05, 4.69) is 42.4 Å². The number of allylic oxidation sites excluding steroid dienone is 1. The average Bonchev–Trinajstić information content (AvgIpc) is 3.97. The summed E-state index contributed by atoms with van der Waals surface area (Å²) >= 11 is 1.50. The topological polar surface area (TPSA) is 169 Å². The van der Waals surface area contributed by atoms with E-state index in [1.54, 1.807) is 27.2 Å². The predicted molar refractivity (Wildman–Crippen MR) is 223 cm³/mol. The number of thiazole rings is 1. The Morgan fingerprint density at radius 1 is 1.12 bits per heavy atom. The van der Waals surface area contributed by atoms with Gasteiger partial charge in [-0.1, -0.05) is 38.8 Å². The molecule has 0 spiro atoms. The molecule has 6 rings (SSSR count). The number of fused-ring (bicyclic) bond motifs is 1. The van der Waals surface area contributed by atoms with Crippen LogP contribution >= 0.6 is 11.3 Å². The number of hydrogen-bond acceptors (Lipinski definition) is 11. The summed E-state index contributed by atoms with van der Waals surface area (Å²) in [6.07, 6.45) is 8.19. The van der Waals surface area contributed by atoms with Gasteiger partial charge in [0.05, 0.1) is 35.7 Å². The van der Waals surface area contributed by atoms with Crippen LogP contribution in [-0.4, -0.2) is 90.2 Å². The number of sulfonamides is 1. The number of ether oxygens (including phenoxy) is 2. The number of aryl methyl sites for hydroxylation is 1. The molecule has 2 aliphatic carbocycles. The van der Waals surface area contributed by atoms with E-state index in [0.717, 1.165) is 47.3 Å². The van der Waals surface area contributed by atoms with E-state index < -0.39 is 56.2 Å². The van der Waals surface area contributed by atoms with Crippen molar-refractivity contribution in [3.8, 4) is 22.2 Å². The number of carbonyl (C=O) groups excluding carboxylic acids is 3. The number of likely N-dealkylation sites (N-methyl/N-ethyl adjacent to an activating group) is 1. The molecule has 3 N–H and O–H groups in total. The number of aromatic nitrogens is 2. The molecule has 308 valence electrons. The summed E-state index contributed by atoms with van der Waals surface area (Å²) in [6, 6.07) is 4.04. The third kappa shape index (κ3) is 8.61. The summed E-state index contributed by atoms with van der Waals surface area (Å²) in [6.45, 7) is 15.4. The zero-order chi connectivity index (χ0) is 41.3. The van der Waals surface area contributed by atoms with Crippen LogP contribution in [0.5, 0.6) is 11.5 Å². The highest BCUT2D eigenvalue weighted by Crippen LogP contribution is 2.47. The van der Waals surface area contributed by atoms with Gasteiger partial charge in [-0.25, -0.2) is 18.4 Å². The summed E-state index contributed by atoms with van der Waals surface area (Å²) in [4.78, 5) is 53.9. The fraction of sp³-hybridized carbons (Fsp3) is 0.548. The first kappa shape index (κ1) is 42.3. The number of pyridine rings is 1. The molecule has 57 heavy (non-hydrogen) atoms. The van der Waals surface area contributed by atoms with Gasteiger partial charge < -0.3 is 25.0 Å². The van der Waals surface area contributed by atoms with Gasteiger partial charge >= 0.3 is 0 Å². The maximum atomic E-state index is 14.4. The number of carbonyl (C=O) groups is 3. The first-order valence-electron chi connectivity index (χ1n) is 19.8. The highest BCUT2D eigenvalue weighted by atomic mass is 32.2. The third-order valence-corrected chi connectivity index (χ3v) is 14.8. The second-order valence-corrected chi connectivity index (χ2v) is 19.2. The molecule has 2 saturated carbocycles. The van der Waals surface area contributed by atoms with Crippen molar-refractivity contribution in [2.24, 2.45) is 5.92 Å². The van der Waals surface area contributed by atoms with Crippen molar-refractivity contribution < 1.29 is 32.3 Å². The van der Waals surface area contributed by atoms with Crippen LogP contribution in [-0.2, 0) is 24.4 Å². The maximum absolute atomic E-state index is 14.4. The lowest BCUT2D eigenvalue weighted by atomic mass is 10.0. The highest BCUT2D eigenvalue weighted by Gasteiger charge is 2.63. The van der Waals surface area contributed by atoms with E-state index in [1.165, 1.54) is 16.2 Å². The first-order valence-corrected chi connectivity index (χ1v) is 22.2. The molecule has 1 aromatic carbocycles. The fourth-order valence-electron chi connectivity index (χ4n) is 7.55. The SMILES string of the molecule is C=CCCCCC[C@H](NC)C(=O)N1CC(Oc2cc(-c3nc(C(C)C)cs3)nc3c(C)c(OC)ccc23)C[C@H]1C(=O)N[C@]1(C(=O)NS(=O)(=O)C2(C)CC2)C[C@H]1C=C. The molecule has 1 aliphatic heterocycles. The lowest BCUT2D eigenvalue weighted by molar-refractivity contribution is -0.141. The van der Waals surface area contributed by atoms with Crippen LogP contribution in [0.3, 0.4) is 0 Å². The number of unbranched alkanes of at least 4 members (excludes halogenated alkanes) is 3. The van der Waals surface area contributed by atoms with Crippen molar-refractivity contribution in [2.75, 3.05) is 20.7 Å². The van der Waals surface area contributed by atoms with E-state index >= 15 is 0 Å². The van der Waals surface area contributed by atoms with E-state index in [4.69, 9.17) is 19.4 Å². The molecule has 3 aromatic rings. The number of nitrogens with one attached hydrogen (secondary N) is 3. The van der Waals surface area contributed by atoms with E-state index in [-0.39, 0.29) is 31.2 Å². The highest BCUT2D eigenvalue weighted by molar-refractivity contribution is 7.91. The number of nitrogens with zero attached hydrogens (tertiary/aromatic N) is 3. The Labute approximate surface area is 340 Å². The lowest BCUT2D eigenvalue weighted by Crippen LogP contribution is -2.58. The standard InChI is InChI=1S/C42H56N6O7S2/c1-9-11-12-13-14-15-30(43-7)39(50)48-23-28(20-33(48)37(49)46-42(22-27(42)10-2)40(51)47-57(52,53)41(6)18-19-41)55-35-21-31(38-45-32(24-56-38)25(3)4)44-36-26(5)34(54-8)17-16-29(35)36/h9-10,16-17,21,24-25,27-28,30,33,43H,1-2,11-15,18-20,22-23H2,3-8H3,(H,46,49)(H,47,51)/t27-,28?,30+,33+,42-/m1/s1. The second kappa shape index (κ2) is 16.9. The molecule has 13 nitrogen and oxygen atoms in total. The van der Waals surface area contributed by atoms with Crippen molar-refractivity contribution in [3.63, 3.8) is 0 Å². The minimum atomic E-state index is -3.97. The molecule has 1 unspecified atom stereocenters. The largest absolute Gasteiger partial charge is 0.496 e. The van der Waals surface area contributed by atoms with Crippen molar-refractivity contribution in [1.29, 1.82) is 0 Å². The smallest absolute Gasteiger partial charge is 0.259 e. The van der Waals surface area contributed by atoms with Gasteiger partial charge in [-0.3, -0.25) is 19.1 Å². The zero-order valence-corrected chi connectivity index (χ0v) is 35.5. The summed E-state index contributed by atoms with van der Waals surface area (Å²) in [5, 5.41) is 9.55. The van der Waals surface area contributed by atoms with Gasteiger partial charge in [-0.2, -0.15) is 0 Å². The van der Waals surface area contributed by atoms with Crippen LogP contribution in [0.4, 0.5) is 0 Å². The first-order chi connectivity index (χ1) is 27.1. The molecule has 0 radical (unpaired) electrons. The summed E-state index contributed by atoms with van der Waals surface area (Å²) < 4.78 is 39.8. The quantitative estimate of drug-likeness (QED) is 0.0974. The van der Waals surface area contributed by atoms with E-state index in [1.807, 2.05) is 36.6 Å². The van der Waals surface area contributed by atoms with Crippen molar-refractivity contribution in [2.45, 2.75) is 120 Å². The molecule has 0 bridgehead atoms. The van der Waals surface area contributed by atoms with Crippen LogP contribution in [0.15, 0.2) is 48.9 Å². The Hall–Kier alpha value is -4.34. The molecular formula is C42H56N6O7S2. The van der Waals surface area contributed by atoms with Crippen molar-refractivity contribution in [3.05, 3.63) is 60.1 Å². The van der Waals surface area contributed by atoms with Crippen LogP contribution in [0.25, 0.3) is 21.6 Å². The number of methoxy groups -OCH3 is 1. The number of amides is 3. The summed E-state index contributed by atoms with van der Waals surface area (Å²) in [5.74, 6) is -0.658. The molecule has 3 fully saturated rings. The maximum Gasteiger partial charge on any atom is 0.259 e. The Bertz CT molecular complexity index is 2150. The van der Waals surface area contributed by atoms with E-state index in [9.17, 15) is 22.8 Å². The molecule has 3 amide bonds. The summed E-state index contributed by atoms with van der Waals surface area (Å²) in [5.41, 5.74) is 1.59. The van der Waals surface area contributed by atoms with Gasteiger partial charge in [-0.15, -0.1) is 24.5 Å². The van der Waals surface area contributed by atoms with E-state index in [0.29, 0.717) is 42.0 Å². The molecular weight excluding hydrogens is 765 g/mol. The minimum absolute atomic E-state index is 0.103. The molecule has 3 aliphatic rings. The van der Waals surface area contributed by atoms with Crippen LogP contribution in [0.1, 0.15) is 95.7 Å². The van der Waals surface area contributed by atoms with Gasteiger partial charge in [0.25, 0.3) is 5.91 Å². The Balaban J connectivity index is 1.31. The predicted octanol–water partition coefficient (Wildman–Crippen LogP) is 5.93.